The van der Waals surface area contributed by atoms with Gasteiger partial charge in [0.2, 0.25) is 0 Å². The zero-order valence-corrected chi connectivity index (χ0v) is 12.2. The fourth-order valence-corrected chi connectivity index (χ4v) is 2.16. The summed E-state index contributed by atoms with van der Waals surface area (Å²) in [7, 11) is 0. The summed E-state index contributed by atoms with van der Waals surface area (Å²) in [5.41, 5.74) is 3.35. The number of nitrogens with one attached hydrogen (secondary N) is 1. The van der Waals surface area contributed by atoms with Crippen molar-refractivity contribution in [2.75, 3.05) is 0 Å². The second-order valence-corrected chi connectivity index (χ2v) is 5.30. The molecular formula is C17H13ClN2O. The topological polar surface area (TPSA) is 41.5 Å². The average molecular weight is 297 g/mol. The van der Waals surface area contributed by atoms with Crippen molar-refractivity contribution in [3.63, 3.8) is 0 Å². The van der Waals surface area contributed by atoms with E-state index in [1.165, 1.54) is 5.56 Å². The molecule has 0 saturated carbocycles. The van der Waals surface area contributed by atoms with E-state index < -0.39 is 0 Å². The Morgan fingerprint density at radius 3 is 2.38 bits per heavy atom. The molecule has 1 aliphatic rings. The number of rotatable bonds is 2. The lowest BCUT2D eigenvalue weighted by Crippen LogP contribution is -2.24. The van der Waals surface area contributed by atoms with Crippen molar-refractivity contribution in [3.05, 3.63) is 75.9 Å². The Morgan fingerprint density at radius 1 is 1.05 bits per heavy atom. The van der Waals surface area contributed by atoms with E-state index in [4.69, 9.17) is 11.6 Å². The minimum atomic E-state index is -0.194. The van der Waals surface area contributed by atoms with Gasteiger partial charge in [0.25, 0.3) is 5.91 Å². The predicted octanol–water partition coefficient (Wildman–Crippen LogP) is 3.57. The van der Waals surface area contributed by atoms with Gasteiger partial charge in [0.15, 0.2) is 0 Å². The van der Waals surface area contributed by atoms with E-state index in [1.807, 2.05) is 43.3 Å². The summed E-state index contributed by atoms with van der Waals surface area (Å²) in [6, 6.07) is 15.1. The minimum Gasteiger partial charge on any atom is -0.305 e. The van der Waals surface area contributed by atoms with Crippen molar-refractivity contribution < 1.29 is 4.79 Å². The molecule has 2 aromatic rings. The standard InChI is InChI=1S/C17H13ClN2O/c1-11-2-6-13(7-3-11)16-19-15(17(21)20-16)10-12-4-8-14(18)9-5-12/h2-10H,1H3,(H,19,20,21)/b15-10-. The van der Waals surface area contributed by atoms with Gasteiger partial charge in [-0.1, -0.05) is 53.6 Å². The third kappa shape index (κ3) is 3.03. The molecule has 2 aromatic carbocycles. The van der Waals surface area contributed by atoms with E-state index in [1.54, 1.807) is 18.2 Å². The Labute approximate surface area is 128 Å². The molecule has 0 unspecified atom stereocenters. The third-order valence-electron chi connectivity index (χ3n) is 3.20. The maximum atomic E-state index is 12.0. The van der Waals surface area contributed by atoms with Crippen molar-refractivity contribution in [3.8, 4) is 0 Å². The lowest BCUT2D eigenvalue weighted by atomic mass is 10.1. The number of halogens is 1. The molecule has 104 valence electrons. The normalized spacial score (nSPS) is 16.0. The van der Waals surface area contributed by atoms with Gasteiger partial charge in [-0.2, -0.15) is 0 Å². The van der Waals surface area contributed by atoms with E-state index in [0.717, 1.165) is 11.1 Å². The minimum absolute atomic E-state index is 0.194. The molecule has 4 heteroatoms. The van der Waals surface area contributed by atoms with Crippen LogP contribution < -0.4 is 5.32 Å². The van der Waals surface area contributed by atoms with Crippen molar-refractivity contribution in [2.45, 2.75) is 6.92 Å². The number of hydrogen-bond donors (Lipinski definition) is 1. The molecule has 0 aliphatic carbocycles. The van der Waals surface area contributed by atoms with Gasteiger partial charge in [0.05, 0.1) is 0 Å². The van der Waals surface area contributed by atoms with Crippen molar-refractivity contribution in [1.29, 1.82) is 0 Å². The van der Waals surface area contributed by atoms with Gasteiger partial charge in [-0.15, -0.1) is 0 Å². The lowest BCUT2D eigenvalue weighted by Gasteiger charge is -2.00. The third-order valence-corrected chi connectivity index (χ3v) is 3.45. The largest absolute Gasteiger partial charge is 0.305 e. The summed E-state index contributed by atoms with van der Waals surface area (Å²) < 4.78 is 0. The summed E-state index contributed by atoms with van der Waals surface area (Å²) >= 11 is 5.85. The van der Waals surface area contributed by atoms with E-state index >= 15 is 0 Å². The van der Waals surface area contributed by atoms with Crippen LogP contribution in [0.5, 0.6) is 0 Å². The van der Waals surface area contributed by atoms with Gasteiger partial charge >= 0.3 is 0 Å². The molecule has 3 rings (SSSR count). The van der Waals surface area contributed by atoms with Crippen LogP contribution in [0.15, 0.2) is 59.2 Å². The molecule has 0 spiro atoms. The Bertz CT molecular complexity index is 743. The SMILES string of the molecule is Cc1ccc(C2=N/C(=C\c3ccc(Cl)cc3)C(=O)N2)cc1. The summed E-state index contributed by atoms with van der Waals surface area (Å²) in [4.78, 5) is 16.3. The number of aryl methyl sites for hydroxylation is 1. The summed E-state index contributed by atoms with van der Waals surface area (Å²) in [6.07, 6.45) is 1.74. The van der Waals surface area contributed by atoms with Gasteiger partial charge in [-0.25, -0.2) is 4.99 Å². The molecule has 1 N–H and O–H groups in total. The van der Waals surface area contributed by atoms with E-state index in [-0.39, 0.29) is 5.91 Å². The van der Waals surface area contributed by atoms with E-state index in [9.17, 15) is 4.79 Å². The average Bonchev–Trinajstić information content (AvgIpc) is 2.83. The van der Waals surface area contributed by atoms with E-state index in [0.29, 0.717) is 16.6 Å². The number of amides is 1. The van der Waals surface area contributed by atoms with Gasteiger partial charge in [-0.05, 0) is 30.7 Å². The van der Waals surface area contributed by atoms with Crippen LogP contribution in [0.4, 0.5) is 0 Å². The fraction of sp³-hybridized carbons (Fsp3) is 0.0588. The highest BCUT2D eigenvalue weighted by atomic mass is 35.5. The van der Waals surface area contributed by atoms with Crippen LogP contribution in [0.3, 0.4) is 0 Å². The van der Waals surface area contributed by atoms with Crippen molar-refractivity contribution in [2.24, 2.45) is 4.99 Å². The molecule has 1 amide bonds. The highest BCUT2D eigenvalue weighted by Crippen LogP contribution is 2.17. The Balaban J connectivity index is 1.91. The molecule has 0 atom stereocenters. The van der Waals surface area contributed by atoms with E-state index in [2.05, 4.69) is 10.3 Å². The first-order valence-electron chi connectivity index (χ1n) is 6.56. The molecule has 1 aliphatic heterocycles. The van der Waals surface area contributed by atoms with Crippen LogP contribution >= 0.6 is 11.6 Å². The van der Waals surface area contributed by atoms with Crippen LogP contribution in [-0.2, 0) is 4.79 Å². The maximum absolute atomic E-state index is 12.0. The number of hydrogen-bond acceptors (Lipinski definition) is 2. The van der Waals surface area contributed by atoms with Crippen LogP contribution in [0, 0.1) is 6.92 Å². The van der Waals surface area contributed by atoms with Gasteiger partial charge in [-0.3, -0.25) is 4.79 Å². The molecule has 0 radical (unpaired) electrons. The summed E-state index contributed by atoms with van der Waals surface area (Å²) in [5.74, 6) is 0.390. The molecule has 1 heterocycles. The zero-order chi connectivity index (χ0) is 14.8. The number of carbonyl (C=O) groups excluding carboxylic acids is 1. The smallest absolute Gasteiger partial charge is 0.275 e. The second kappa shape index (κ2) is 5.54. The molecule has 0 fully saturated rings. The highest BCUT2D eigenvalue weighted by molar-refractivity contribution is 6.30. The van der Waals surface area contributed by atoms with Crippen LogP contribution in [-0.4, -0.2) is 11.7 Å². The zero-order valence-electron chi connectivity index (χ0n) is 11.4. The number of carbonyl (C=O) groups is 1. The first-order valence-corrected chi connectivity index (χ1v) is 6.94. The van der Waals surface area contributed by atoms with Crippen molar-refractivity contribution in [1.82, 2.24) is 5.32 Å². The fourth-order valence-electron chi connectivity index (χ4n) is 2.03. The molecule has 0 bridgehead atoms. The summed E-state index contributed by atoms with van der Waals surface area (Å²) in [6.45, 7) is 2.02. The number of amidine groups is 1. The quantitative estimate of drug-likeness (QED) is 0.846. The Hall–Kier alpha value is -2.39. The monoisotopic (exact) mass is 296 g/mol. The summed E-state index contributed by atoms with van der Waals surface area (Å²) in [5, 5.41) is 3.45. The number of benzene rings is 2. The van der Waals surface area contributed by atoms with Gasteiger partial charge in [0.1, 0.15) is 11.5 Å². The highest BCUT2D eigenvalue weighted by Gasteiger charge is 2.20. The second-order valence-electron chi connectivity index (χ2n) is 4.86. The maximum Gasteiger partial charge on any atom is 0.275 e. The molecule has 0 aromatic heterocycles. The Kier molecular flexibility index (Phi) is 3.59. The van der Waals surface area contributed by atoms with Crippen LogP contribution in [0.1, 0.15) is 16.7 Å². The molecule has 21 heavy (non-hydrogen) atoms. The molecule has 3 nitrogen and oxygen atoms in total. The first-order chi connectivity index (χ1) is 10.1. The predicted molar refractivity (Wildman–Crippen MR) is 85.3 cm³/mol. The molecular weight excluding hydrogens is 284 g/mol. The lowest BCUT2D eigenvalue weighted by molar-refractivity contribution is -0.115. The van der Waals surface area contributed by atoms with Gasteiger partial charge < -0.3 is 5.32 Å². The van der Waals surface area contributed by atoms with Crippen molar-refractivity contribution >= 4 is 29.4 Å². The van der Waals surface area contributed by atoms with Crippen LogP contribution in [0.2, 0.25) is 5.02 Å². The van der Waals surface area contributed by atoms with Crippen LogP contribution in [0.25, 0.3) is 6.08 Å². The Morgan fingerprint density at radius 2 is 1.71 bits per heavy atom. The molecule has 0 saturated heterocycles. The van der Waals surface area contributed by atoms with Gasteiger partial charge in [0, 0.05) is 10.6 Å². The first kappa shape index (κ1) is 13.6. The number of aliphatic imine (C=N–C) groups is 1. The number of nitrogens with zero attached hydrogens (tertiary/aromatic N) is 1.